The molecule has 0 saturated heterocycles. The van der Waals surface area contributed by atoms with Crippen LogP contribution in [0, 0.1) is 5.92 Å². The zero-order chi connectivity index (χ0) is 20.3. The Labute approximate surface area is 163 Å². The van der Waals surface area contributed by atoms with Gasteiger partial charge in [0.05, 0.1) is 12.7 Å². The number of fused-ring (bicyclic) bond motifs is 1. The van der Waals surface area contributed by atoms with Gasteiger partial charge in [0.1, 0.15) is 11.8 Å². The highest BCUT2D eigenvalue weighted by Gasteiger charge is 2.33. The van der Waals surface area contributed by atoms with Crippen molar-refractivity contribution in [2.75, 3.05) is 13.7 Å². The molecule has 1 aromatic heterocycles. The van der Waals surface area contributed by atoms with Crippen molar-refractivity contribution >= 4 is 28.6 Å². The van der Waals surface area contributed by atoms with E-state index in [1.165, 1.54) is 18.0 Å². The van der Waals surface area contributed by atoms with Crippen LogP contribution in [0.1, 0.15) is 49.4 Å². The number of aromatic nitrogens is 1. The maximum Gasteiger partial charge on any atom is 0.326 e. The third kappa shape index (κ3) is 4.03. The van der Waals surface area contributed by atoms with Crippen molar-refractivity contribution < 1.29 is 24.2 Å². The minimum absolute atomic E-state index is 0.236. The molecule has 150 valence electrons. The molecule has 1 saturated carbocycles. The molecule has 0 bridgehead atoms. The van der Waals surface area contributed by atoms with Crippen molar-refractivity contribution in [3.05, 3.63) is 30.0 Å². The van der Waals surface area contributed by atoms with Gasteiger partial charge in [0.25, 0.3) is 11.7 Å². The molecule has 1 amide bonds. The summed E-state index contributed by atoms with van der Waals surface area (Å²) >= 11 is 0. The average molecular weight is 386 g/mol. The Bertz CT molecular complexity index is 882. The molecule has 2 aromatic rings. The molecular formula is C21H26N2O5. The van der Waals surface area contributed by atoms with E-state index < -0.39 is 23.7 Å². The minimum Gasteiger partial charge on any atom is -0.497 e. The maximum absolute atomic E-state index is 13.0. The molecule has 1 atom stereocenters. The molecule has 1 aliphatic carbocycles. The number of hydrogen-bond donors (Lipinski definition) is 2. The van der Waals surface area contributed by atoms with Crippen LogP contribution >= 0.6 is 0 Å². The van der Waals surface area contributed by atoms with E-state index in [-0.39, 0.29) is 11.5 Å². The topological polar surface area (TPSA) is 99.7 Å². The van der Waals surface area contributed by atoms with Gasteiger partial charge < -0.3 is 19.7 Å². The normalized spacial score (nSPS) is 15.9. The largest absolute Gasteiger partial charge is 0.497 e. The molecule has 1 aromatic carbocycles. The van der Waals surface area contributed by atoms with E-state index in [1.54, 1.807) is 25.3 Å². The van der Waals surface area contributed by atoms with Crippen molar-refractivity contribution in [1.82, 2.24) is 9.88 Å². The van der Waals surface area contributed by atoms with Gasteiger partial charge in [0.2, 0.25) is 0 Å². The van der Waals surface area contributed by atoms with Gasteiger partial charge in [-0.15, -0.1) is 0 Å². The molecule has 28 heavy (non-hydrogen) atoms. The Kier molecular flexibility index (Phi) is 6.02. The number of aromatic amines is 1. The lowest BCUT2D eigenvalue weighted by Crippen LogP contribution is -2.48. The van der Waals surface area contributed by atoms with E-state index in [9.17, 15) is 19.5 Å². The van der Waals surface area contributed by atoms with Gasteiger partial charge in [-0.3, -0.25) is 9.59 Å². The second kappa shape index (κ2) is 8.46. The van der Waals surface area contributed by atoms with Gasteiger partial charge in [0, 0.05) is 29.7 Å². The molecule has 7 heteroatoms. The first kappa shape index (κ1) is 19.9. The summed E-state index contributed by atoms with van der Waals surface area (Å²) in [6, 6.07) is 4.13. The third-order valence-corrected chi connectivity index (χ3v) is 5.59. The first-order valence-electron chi connectivity index (χ1n) is 9.65. The van der Waals surface area contributed by atoms with Crippen LogP contribution in [0.25, 0.3) is 10.9 Å². The van der Waals surface area contributed by atoms with Crippen molar-refractivity contribution in [3.8, 4) is 5.75 Å². The predicted octanol–water partition coefficient (Wildman–Crippen LogP) is 3.24. The summed E-state index contributed by atoms with van der Waals surface area (Å²) in [7, 11) is 1.55. The monoisotopic (exact) mass is 386 g/mol. The lowest BCUT2D eigenvalue weighted by atomic mass is 9.88. The van der Waals surface area contributed by atoms with Gasteiger partial charge in [-0.05, 0) is 37.8 Å². The number of nitrogens with zero attached hydrogens (tertiary/aromatic N) is 1. The lowest BCUT2D eigenvalue weighted by molar-refractivity contribution is -0.148. The predicted molar refractivity (Wildman–Crippen MR) is 105 cm³/mol. The van der Waals surface area contributed by atoms with Crippen LogP contribution in [0.5, 0.6) is 5.75 Å². The van der Waals surface area contributed by atoms with Crippen LogP contribution in [0.3, 0.4) is 0 Å². The summed E-state index contributed by atoms with van der Waals surface area (Å²) in [5, 5.41) is 10.1. The van der Waals surface area contributed by atoms with E-state index in [0.717, 1.165) is 32.1 Å². The van der Waals surface area contributed by atoms with E-state index in [4.69, 9.17) is 4.74 Å². The molecule has 0 aliphatic heterocycles. The van der Waals surface area contributed by atoms with E-state index >= 15 is 0 Å². The number of amides is 1. The number of carboxylic acids is 1. The number of ether oxygens (including phenoxy) is 1. The number of carbonyl (C=O) groups excluding carboxylic acids is 2. The van der Waals surface area contributed by atoms with E-state index in [1.807, 2.05) is 0 Å². The van der Waals surface area contributed by atoms with Crippen molar-refractivity contribution in [2.24, 2.45) is 5.92 Å². The maximum atomic E-state index is 13.0. The minimum atomic E-state index is -1.11. The Balaban J connectivity index is 1.86. The molecule has 3 rings (SSSR count). The summed E-state index contributed by atoms with van der Waals surface area (Å²) in [5.41, 5.74) is 0.925. The molecule has 0 spiro atoms. The smallest absolute Gasteiger partial charge is 0.326 e. The molecule has 1 heterocycles. The number of H-pyrrole nitrogens is 1. The number of hydrogen-bond acceptors (Lipinski definition) is 4. The Hall–Kier alpha value is -2.83. The van der Waals surface area contributed by atoms with Crippen molar-refractivity contribution in [2.45, 2.75) is 45.1 Å². The van der Waals surface area contributed by atoms with Crippen LogP contribution in [0.2, 0.25) is 0 Å². The summed E-state index contributed by atoms with van der Waals surface area (Å²) in [4.78, 5) is 41.7. The number of rotatable bonds is 7. The van der Waals surface area contributed by atoms with Crippen molar-refractivity contribution in [3.63, 3.8) is 0 Å². The van der Waals surface area contributed by atoms with Crippen LogP contribution in [-0.2, 0) is 9.59 Å². The third-order valence-electron chi connectivity index (χ3n) is 5.59. The van der Waals surface area contributed by atoms with Crippen LogP contribution in [0.15, 0.2) is 24.4 Å². The highest BCUT2D eigenvalue weighted by Crippen LogP contribution is 2.27. The molecule has 7 nitrogen and oxygen atoms in total. The number of Topliss-reactive ketones (excluding diaryl/α,β-unsaturated/α-hetero) is 1. The van der Waals surface area contributed by atoms with Crippen LogP contribution < -0.4 is 4.74 Å². The molecule has 1 fully saturated rings. The second-order valence-corrected chi connectivity index (χ2v) is 7.42. The Morgan fingerprint density at radius 2 is 1.96 bits per heavy atom. The van der Waals surface area contributed by atoms with Gasteiger partial charge in [0.15, 0.2) is 0 Å². The standard InChI is InChI=1S/C21H26N2O5/c1-13(21(26)27)23(12-14-6-4-3-5-7-14)20(25)19(24)17-11-22-18-10-15(28-2)8-9-16(17)18/h8-11,13-14,22H,3-7,12H2,1-2H3,(H,26,27)/t13-/m1/s1. The van der Waals surface area contributed by atoms with Crippen LogP contribution in [-0.4, -0.2) is 52.3 Å². The zero-order valence-corrected chi connectivity index (χ0v) is 16.2. The van der Waals surface area contributed by atoms with E-state index in [0.29, 0.717) is 23.2 Å². The van der Waals surface area contributed by atoms with E-state index in [2.05, 4.69) is 4.98 Å². The number of benzene rings is 1. The molecule has 2 N–H and O–H groups in total. The fourth-order valence-corrected chi connectivity index (χ4v) is 3.86. The van der Waals surface area contributed by atoms with Crippen LogP contribution in [0.4, 0.5) is 0 Å². The summed E-state index contributed by atoms with van der Waals surface area (Å²) in [6.07, 6.45) is 6.72. The molecule has 0 radical (unpaired) electrons. The molecule has 1 aliphatic rings. The highest BCUT2D eigenvalue weighted by atomic mass is 16.5. The number of carbonyl (C=O) groups is 3. The quantitative estimate of drug-likeness (QED) is 0.562. The highest BCUT2D eigenvalue weighted by molar-refractivity contribution is 6.45. The number of nitrogens with one attached hydrogen (secondary N) is 1. The number of ketones is 1. The number of methoxy groups -OCH3 is 1. The van der Waals surface area contributed by atoms with Gasteiger partial charge in [-0.2, -0.15) is 0 Å². The molecule has 0 unspecified atom stereocenters. The fraction of sp³-hybridized carbons (Fsp3) is 0.476. The van der Waals surface area contributed by atoms with Gasteiger partial charge in [-0.25, -0.2) is 4.79 Å². The Morgan fingerprint density at radius 1 is 1.25 bits per heavy atom. The first-order chi connectivity index (χ1) is 13.4. The average Bonchev–Trinajstić information content (AvgIpc) is 3.14. The van der Waals surface area contributed by atoms with Crippen molar-refractivity contribution in [1.29, 1.82) is 0 Å². The lowest BCUT2D eigenvalue weighted by Gasteiger charge is -2.31. The second-order valence-electron chi connectivity index (χ2n) is 7.42. The SMILES string of the molecule is COc1ccc2c(C(=O)C(=O)N(CC3CCCCC3)[C@H](C)C(=O)O)c[nH]c2c1. The summed E-state index contributed by atoms with van der Waals surface area (Å²) in [5.74, 6) is -1.70. The Morgan fingerprint density at radius 3 is 2.61 bits per heavy atom. The number of aliphatic carboxylic acids is 1. The zero-order valence-electron chi connectivity index (χ0n) is 16.2. The number of carboxylic acid groups (broad SMARTS) is 1. The summed E-state index contributed by atoms with van der Waals surface area (Å²) in [6.45, 7) is 1.75. The fourth-order valence-electron chi connectivity index (χ4n) is 3.86. The van der Waals surface area contributed by atoms with Gasteiger partial charge in [-0.1, -0.05) is 19.3 Å². The summed E-state index contributed by atoms with van der Waals surface area (Å²) < 4.78 is 5.17. The molecular weight excluding hydrogens is 360 g/mol. The first-order valence-corrected chi connectivity index (χ1v) is 9.65. The van der Waals surface area contributed by atoms with Gasteiger partial charge >= 0.3 is 5.97 Å².